The third-order valence-corrected chi connectivity index (χ3v) is 6.56. The lowest BCUT2D eigenvalue weighted by molar-refractivity contribution is -0.118. The van der Waals surface area contributed by atoms with E-state index >= 15 is 0 Å². The average Bonchev–Trinajstić information content (AvgIpc) is 3.35. The number of fused-ring (bicyclic) bond motifs is 1. The fourth-order valence-electron chi connectivity index (χ4n) is 3.89. The van der Waals surface area contributed by atoms with Crippen molar-refractivity contribution < 1.29 is 23.5 Å². The smallest absolute Gasteiger partial charge is 0.262 e. The minimum absolute atomic E-state index is 0.0564. The van der Waals surface area contributed by atoms with Gasteiger partial charge in [-0.2, -0.15) is 5.26 Å². The fraction of sp³-hybridized carbons (Fsp3) is 0.138. The first-order chi connectivity index (χ1) is 18.9. The van der Waals surface area contributed by atoms with E-state index in [1.807, 2.05) is 59.1 Å². The summed E-state index contributed by atoms with van der Waals surface area (Å²) < 4.78 is 24.8. The summed E-state index contributed by atoms with van der Waals surface area (Å²) in [7, 11) is 1.45. The first-order valence-corrected chi connectivity index (χ1v) is 13.0. The molecule has 0 aliphatic rings. The number of aromatic amines is 1. The number of halogens is 2. The number of nitriles is 1. The molecule has 0 radical (unpaired) electrons. The van der Waals surface area contributed by atoms with Crippen LogP contribution in [0.3, 0.4) is 0 Å². The van der Waals surface area contributed by atoms with Gasteiger partial charge in [-0.1, -0.05) is 18.2 Å². The Bertz CT molecular complexity index is 1570. The van der Waals surface area contributed by atoms with E-state index in [4.69, 9.17) is 9.47 Å². The van der Waals surface area contributed by atoms with Crippen molar-refractivity contribution in [3.63, 3.8) is 0 Å². The quantitative estimate of drug-likeness (QED) is 0.126. The van der Waals surface area contributed by atoms with E-state index in [0.717, 1.165) is 16.5 Å². The number of methoxy groups -OCH3 is 1. The molecule has 1 heterocycles. The molecule has 0 saturated heterocycles. The van der Waals surface area contributed by atoms with Gasteiger partial charge in [-0.15, -0.1) is 0 Å². The maximum atomic E-state index is 13.1. The summed E-state index contributed by atoms with van der Waals surface area (Å²) in [5.74, 6) is -0.644. The monoisotopic (exact) mass is 638 g/mol. The van der Waals surface area contributed by atoms with Gasteiger partial charge in [0.2, 0.25) is 0 Å². The van der Waals surface area contributed by atoms with Gasteiger partial charge >= 0.3 is 0 Å². The Hall–Kier alpha value is -4.37. The number of carbonyl (C=O) groups excluding carboxylic acids is 2. The number of aromatic nitrogens is 1. The molecular weight excluding hydrogens is 614 g/mol. The number of nitrogens with zero attached hydrogens (tertiary/aromatic N) is 1. The van der Waals surface area contributed by atoms with Crippen LogP contribution in [0.4, 0.5) is 10.1 Å². The summed E-state index contributed by atoms with van der Waals surface area (Å²) >= 11 is 2.03. The van der Waals surface area contributed by atoms with E-state index in [1.54, 1.807) is 12.1 Å². The van der Waals surface area contributed by atoms with Crippen molar-refractivity contribution >= 4 is 57.1 Å². The maximum Gasteiger partial charge on any atom is 0.262 e. The topological polar surface area (TPSA) is 116 Å². The molecule has 2 amide bonds. The molecule has 198 valence electrons. The lowest BCUT2D eigenvalue weighted by Gasteiger charge is -2.14. The molecule has 10 heteroatoms. The number of para-hydroxylation sites is 1. The Balaban J connectivity index is 1.39. The number of hydrogen-bond acceptors (Lipinski definition) is 5. The number of amides is 2. The highest BCUT2D eigenvalue weighted by Gasteiger charge is 2.15. The van der Waals surface area contributed by atoms with E-state index in [0.29, 0.717) is 39.3 Å². The predicted molar refractivity (Wildman–Crippen MR) is 155 cm³/mol. The van der Waals surface area contributed by atoms with Crippen LogP contribution in [0.15, 0.2) is 72.4 Å². The van der Waals surface area contributed by atoms with E-state index < -0.39 is 17.6 Å². The third-order valence-electron chi connectivity index (χ3n) is 5.76. The van der Waals surface area contributed by atoms with Crippen LogP contribution in [-0.4, -0.2) is 37.1 Å². The molecule has 0 bridgehead atoms. The molecule has 3 N–H and O–H groups in total. The molecule has 0 fully saturated rings. The number of nitrogens with one attached hydrogen (secondary N) is 3. The van der Waals surface area contributed by atoms with E-state index in [2.05, 4.69) is 15.6 Å². The molecule has 8 nitrogen and oxygen atoms in total. The van der Waals surface area contributed by atoms with E-state index in [-0.39, 0.29) is 12.2 Å². The number of hydrogen-bond donors (Lipinski definition) is 3. The van der Waals surface area contributed by atoms with Crippen LogP contribution < -0.4 is 20.1 Å². The number of anilines is 1. The molecule has 0 saturated carbocycles. The Morgan fingerprint density at radius 3 is 2.67 bits per heavy atom. The van der Waals surface area contributed by atoms with Crippen molar-refractivity contribution in [1.29, 1.82) is 5.26 Å². The largest absolute Gasteiger partial charge is 0.493 e. The Kier molecular flexibility index (Phi) is 9.17. The first kappa shape index (κ1) is 27.7. The lowest BCUT2D eigenvalue weighted by Crippen LogP contribution is -2.26. The van der Waals surface area contributed by atoms with Gasteiger partial charge in [-0.05, 0) is 88.7 Å². The summed E-state index contributed by atoms with van der Waals surface area (Å²) in [4.78, 5) is 28.2. The van der Waals surface area contributed by atoms with Gasteiger partial charge in [-0.3, -0.25) is 9.59 Å². The Morgan fingerprint density at radius 2 is 1.92 bits per heavy atom. The van der Waals surface area contributed by atoms with Gasteiger partial charge in [0.05, 0.1) is 10.7 Å². The van der Waals surface area contributed by atoms with Gasteiger partial charge in [0.1, 0.15) is 17.5 Å². The minimum Gasteiger partial charge on any atom is -0.493 e. The Labute approximate surface area is 238 Å². The van der Waals surface area contributed by atoms with Crippen LogP contribution in [0.25, 0.3) is 17.0 Å². The second-order valence-electron chi connectivity index (χ2n) is 8.41. The average molecular weight is 638 g/mol. The summed E-state index contributed by atoms with van der Waals surface area (Å²) in [6, 6.07) is 18.6. The van der Waals surface area contributed by atoms with Crippen molar-refractivity contribution in [2.24, 2.45) is 0 Å². The second kappa shape index (κ2) is 12.9. The number of rotatable bonds is 10. The Morgan fingerprint density at radius 1 is 1.15 bits per heavy atom. The fourth-order valence-corrected chi connectivity index (χ4v) is 4.67. The zero-order chi connectivity index (χ0) is 27.8. The van der Waals surface area contributed by atoms with Crippen LogP contribution in [0.1, 0.15) is 11.1 Å². The first-order valence-electron chi connectivity index (χ1n) is 11.9. The highest BCUT2D eigenvalue weighted by molar-refractivity contribution is 14.1. The molecular formula is C29H24FIN4O4. The summed E-state index contributed by atoms with van der Waals surface area (Å²) in [5, 5.41) is 16.1. The molecule has 0 spiro atoms. The number of H-pyrrole nitrogens is 1. The molecule has 0 atom stereocenters. The summed E-state index contributed by atoms with van der Waals surface area (Å²) in [6.45, 7) is 0.0640. The van der Waals surface area contributed by atoms with Gasteiger partial charge in [0, 0.05) is 29.3 Å². The minimum atomic E-state index is -0.482. The van der Waals surface area contributed by atoms with Crippen LogP contribution in [0.5, 0.6) is 11.5 Å². The summed E-state index contributed by atoms with van der Waals surface area (Å²) in [5.41, 5.74) is 3.05. The van der Waals surface area contributed by atoms with Crippen molar-refractivity contribution in [3.8, 4) is 17.6 Å². The maximum absolute atomic E-state index is 13.1. The van der Waals surface area contributed by atoms with Gasteiger partial charge in [0.25, 0.3) is 11.8 Å². The molecule has 1 aromatic heterocycles. The molecule has 39 heavy (non-hydrogen) atoms. The molecule has 0 aliphatic carbocycles. The normalized spacial score (nSPS) is 11.1. The number of carbonyl (C=O) groups is 2. The van der Waals surface area contributed by atoms with E-state index in [1.165, 1.54) is 37.5 Å². The highest BCUT2D eigenvalue weighted by Crippen LogP contribution is 2.34. The van der Waals surface area contributed by atoms with Crippen molar-refractivity contribution in [2.45, 2.75) is 6.42 Å². The van der Waals surface area contributed by atoms with Gasteiger partial charge in [0.15, 0.2) is 18.1 Å². The highest BCUT2D eigenvalue weighted by atomic mass is 127. The predicted octanol–water partition coefficient (Wildman–Crippen LogP) is 5.20. The van der Waals surface area contributed by atoms with Crippen LogP contribution in [0.2, 0.25) is 0 Å². The van der Waals surface area contributed by atoms with Crippen LogP contribution >= 0.6 is 22.6 Å². The van der Waals surface area contributed by atoms with Gasteiger partial charge in [-0.25, -0.2) is 4.39 Å². The van der Waals surface area contributed by atoms with Crippen molar-refractivity contribution in [1.82, 2.24) is 10.3 Å². The molecule has 0 aliphatic heterocycles. The van der Waals surface area contributed by atoms with Crippen LogP contribution in [0, 0.1) is 20.7 Å². The molecule has 0 unspecified atom stereocenters. The SMILES string of the molecule is COc1cc(/C=C(/C#N)C(=O)NCCc2c[nH]c3ccccc23)cc(I)c1OCC(=O)Nc1ccc(F)cc1. The number of benzene rings is 3. The lowest BCUT2D eigenvalue weighted by atomic mass is 10.1. The van der Waals surface area contributed by atoms with Crippen molar-refractivity contribution in [3.05, 3.63) is 92.9 Å². The summed E-state index contributed by atoms with van der Waals surface area (Å²) in [6.07, 6.45) is 4.00. The van der Waals surface area contributed by atoms with E-state index in [9.17, 15) is 19.2 Å². The standard InChI is InChI=1S/C29H24FIN4O4/c1-38-26-14-18(13-24(31)28(26)39-17-27(36)35-22-8-6-21(30)7-9-22)12-20(15-32)29(37)33-11-10-19-16-34-25-5-3-2-4-23(19)25/h2-9,12-14,16,34H,10-11,17H2,1H3,(H,33,37)(H,35,36)/b20-12-. The van der Waals surface area contributed by atoms with Gasteiger partial charge < -0.3 is 25.1 Å². The zero-order valence-corrected chi connectivity index (χ0v) is 23.0. The molecule has 3 aromatic carbocycles. The third kappa shape index (κ3) is 7.14. The zero-order valence-electron chi connectivity index (χ0n) is 20.9. The molecule has 4 rings (SSSR count). The van der Waals surface area contributed by atoms with Crippen molar-refractivity contribution in [2.75, 3.05) is 25.6 Å². The second-order valence-corrected chi connectivity index (χ2v) is 9.58. The molecule has 4 aromatic rings. The van der Waals surface area contributed by atoms with Crippen LogP contribution in [-0.2, 0) is 16.0 Å². The number of ether oxygens (including phenoxy) is 2.